The first kappa shape index (κ1) is 16.3. The number of methoxy groups -OCH3 is 2. The molecule has 7 nitrogen and oxygen atoms in total. The Morgan fingerprint density at radius 1 is 1.22 bits per heavy atom. The zero-order valence-electron chi connectivity index (χ0n) is 12.8. The lowest BCUT2D eigenvalue weighted by molar-refractivity contribution is -0.129. The van der Waals surface area contributed by atoms with Crippen molar-refractivity contribution in [3.05, 3.63) is 42.0 Å². The summed E-state index contributed by atoms with van der Waals surface area (Å²) in [7, 11) is 2.98. The van der Waals surface area contributed by atoms with E-state index in [9.17, 15) is 14.4 Å². The van der Waals surface area contributed by atoms with E-state index < -0.39 is 17.8 Å². The van der Waals surface area contributed by atoms with Gasteiger partial charge in [0.2, 0.25) is 0 Å². The van der Waals surface area contributed by atoms with Gasteiger partial charge in [0, 0.05) is 18.2 Å². The number of hydrogen-bond donors (Lipinski definition) is 1. The highest BCUT2D eigenvalue weighted by molar-refractivity contribution is 6.31. The van der Waals surface area contributed by atoms with Crippen molar-refractivity contribution in [2.24, 2.45) is 0 Å². The lowest BCUT2D eigenvalue weighted by atomic mass is 10.1. The molecule has 0 spiro atoms. The van der Waals surface area contributed by atoms with Crippen molar-refractivity contribution in [1.82, 2.24) is 10.2 Å². The molecular formula is C16H16N2O5. The molecule has 120 valence electrons. The Hall–Kier alpha value is -3.09. The van der Waals surface area contributed by atoms with E-state index in [1.807, 2.05) is 0 Å². The minimum atomic E-state index is -0.765. The molecule has 1 aromatic carbocycles. The SMILES string of the molecule is C=CCN1C(=O)NC(=O)/C(=C/c2ccc(OC)cc2OC)C1=O. The normalized spacial score (nSPS) is 16.3. The fourth-order valence-corrected chi connectivity index (χ4v) is 2.08. The van der Waals surface area contributed by atoms with Gasteiger partial charge in [-0.3, -0.25) is 19.8 Å². The van der Waals surface area contributed by atoms with E-state index >= 15 is 0 Å². The molecule has 2 rings (SSSR count). The standard InChI is InChI=1S/C16H16N2O5/c1-4-7-18-15(20)12(14(19)17-16(18)21)8-10-5-6-11(22-2)9-13(10)23-3/h4-6,8-9H,1,7H2,2-3H3,(H,17,19,21)/b12-8-. The van der Waals surface area contributed by atoms with Crippen LogP contribution in [-0.4, -0.2) is 43.5 Å². The molecule has 4 amide bonds. The minimum Gasteiger partial charge on any atom is -0.497 e. The number of rotatable bonds is 5. The molecule has 0 unspecified atom stereocenters. The average molecular weight is 316 g/mol. The maximum Gasteiger partial charge on any atom is 0.331 e. The van der Waals surface area contributed by atoms with Crippen molar-refractivity contribution in [1.29, 1.82) is 0 Å². The number of imide groups is 2. The van der Waals surface area contributed by atoms with Gasteiger partial charge in [0.05, 0.1) is 14.2 Å². The molecule has 1 heterocycles. The molecular weight excluding hydrogens is 300 g/mol. The predicted octanol–water partition coefficient (Wildman–Crippen LogP) is 1.35. The second-order valence-electron chi connectivity index (χ2n) is 4.63. The molecule has 1 aliphatic heterocycles. The molecule has 0 atom stereocenters. The minimum absolute atomic E-state index is 0.00896. The zero-order valence-corrected chi connectivity index (χ0v) is 12.8. The quantitative estimate of drug-likeness (QED) is 0.503. The van der Waals surface area contributed by atoms with Crippen molar-refractivity contribution in [3.8, 4) is 11.5 Å². The molecule has 0 aromatic heterocycles. The number of barbiturate groups is 1. The lowest BCUT2D eigenvalue weighted by Crippen LogP contribution is -2.54. The Labute approximate surface area is 133 Å². The Morgan fingerprint density at radius 3 is 2.57 bits per heavy atom. The highest BCUT2D eigenvalue weighted by Gasteiger charge is 2.35. The van der Waals surface area contributed by atoms with Crippen LogP contribution in [0.25, 0.3) is 6.08 Å². The summed E-state index contributed by atoms with van der Waals surface area (Å²) in [5, 5.41) is 2.12. The lowest BCUT2D eigenvalue weighted by Gasteiger charge is -2.25. The van der Waals surface area contributed by atoms with E-state index in [4.69, 9.17) is 9.47 Å². The molecule has 0 radical (unpaired) electrons. The number of ether oxygens (including phenoxy) is 2. The zero-order chi connectivity index (χ0) is 17.0. The maximum absolute atomic E-state index is 12.3. The Morgan fingerprint density at radius 2 is 1.96 bits per heavy atom. The number of carbonyl (C=O) groups excluding carboxylic acids is 3. The second kappa shape index (κ2) is 6.78. The second-order valence-corrected chi connectivity index (χ2v) is 4.63. The molecule has 0 bridgehead atoms. The van der Waals surface area contributed by atoms with E-state index in [2.05, 4.69) is 11.9 Å². The van der Waals surface area contributed by atoms with Crippen LogP contribution in [-0.2, 0) is 9.59 Å². The topological polar surface area (TPSA) is 84.9 Å². The summed E-state index contributed by atoms with van der Waals surface area (Å²) in [6.45, 7) is 3.49. The Kier molecular flexibility index (Phi) is 4.80. The maximum atomic E-state index is 12.3. The molecule has 7 heteroatoms. The van der Waals surface area contributed by atoms with Gasteiger partial charge in [-0.05, 0) is 18.2 Å². The highest BCUT2D eigenvalue weighted by atomic mass is 16.5. The first-order valence-electron chi connectivity index (χ1n) is 6.73. The van der Waals surface area contributed by atoms with Crippen LogP contribution in [0.1, 0.15) is 5.56 Å². The van der Waals surface area contributed by atoms with Crippen LogP contribution in [0.4, 0.5) is 4.79 Å². The van der Waals surface area contributed by atoms with Gasteiger partial charge in [-0.25, -0.2) is 4.79 Å². The summed E-state index contributed by atoms with van der Waals surface area (Å²) in [6, 6.07) is 4.19. The third-order valence-corrected chi connectivity index (χ3v) is 3.24. The van der Waals surface area contributed by atoms with Crippen molar-refractivity contribution < 1.29 is 23.9 Å². The summed E-state index contributed by atoms with van der Waals surface area (Å²) in [6.07, 6.45) is 2.78. The largest absolute Gasteiger partial charge is 0.497 e. The van der Waals surface area contributed by atoms with Crippen LogP contribution < -0.4 is 14.8 Å². The van der Waals surface area contributed by atoms with E-state index in [1.54, 1.807) is 18.2 Å². The third kappa shape index (κ3) is 3.23. The first-order chi connectivity index (χ1) is 11.0. The van der Waals surface area contributed by atoms with Gasteiger partial charge < -0.3 is 9.47 Å². The van der Waals surface area contributed by atoms with Gasteiger partial charge in [0.15, 0.2) is 0 Å². The number of nitrogens with zero attached hydrogens (tertiary/aromatic N) is 1. The Bertz CT molecular complexity index is 708. The van der Waals surface area contributed by atoms with Gasteiger partial charge >= 0.3 is 6.03 Å². The van der Waals surface area contributed by atoms with Crippen LogP contribution in [0.5, 0.6) is 11.5 Å². The highest BCUT2D eigenvalue weighted by Crippen LogP contribution is 2.27. The number of hydrogen-bond acceptors (Lipinski definition) is 5. The van der Waals surface area contributed by atoms with Gasteiger partial charge in [0.1, 0.15) is 17.1 Å². The van der Waals surface area contributed by atoms with Gasteiger partial charge in [-0.2, -0.15) is 0 Å². The van der Waals surface area contributed by atoms with E-state index in [0.29, 0.717) is 17.1 Å². The van der Waals surface area contributed by atoms with Crippen LogP contribution in [0.15, 0.2) is 36.4 Å². The van der Waals surface area contributed by atoms with Crippen LogP contribution in [0.2, 0.25) is 0 Å². The molecule has 0 saturated carbocycles. The Balaban J connectivity index is 2.44. The van der Waals surface area contributed by atoms with E-state index in [-0.39, 0.29) is 12.1 Å². The number of benzene rings is 1. The molecule has 0 aliphatic carbocycles. The summed E-state index contributed by atoms with van der Waals surface area (Å²) >= 11 is 0. The van der Waals surface area contributed by atoms with Gasteiger partial charge in [-0.1, -0.05) is 6.08 Å². The fraction of sp³-hybridized carbons (Fsp3) is 0.188. The fourth-order valence-electron chi connectivity index (χ4n) is 2.08. The van der Waals surface area contributed by atoms with Crippen molar-refractivity contribution in [2.45, 2.75) is 0 Å². The van der Waals surface area contributed by atoms with Crippen LogP contribution in [0, 0.1) is 0 Å². The smallest absolute Gasteiger partial charge is 0.331 e. The molecule has 1 fully saturated rings. The number of amides is 4. The number of carbonyl (C=O) groups is 3. The summed E-state index contributed by atoms with van der Waals surface area (Å²) in [4.78, 5) is 36.8. The third-order valence-electron chi connectivity index (χ3n) is 3.24. The number of nitrogens with one attached hydrogen (secondary N) is 1. The van der Waals surface area contributed by atoms with E-state index in [1.165, 1.54) is 26.4 Å². The first-order valence-corrected chi connectivity index (χ1v) is 6.73. The molecule has 1 aromatic rings. The van der Waals surface area contributed by atoms with Gasteiger partial charge in [0.25, 0.3) is 11.8 Å². The molecule has 1 N–H and O–H groups in total. The summed E-state index contributed by atoms with van der Waals surface area (Å²) in [5.74, 6) is -0.425. The van der Waals surface area contributed by atoms with Crippen molar-refractivity contribution >= 4 is 23.9 Å². The monoisotopic (exact) mass is 316 g/mol. The van der Waals surface area contributed by atoms with Crippen LogP contribution >= 0.6 is 0 Å². The average Bonchev–Trinajstić information content (AvgIpc) is 2.55. The predicted molar refractivity (Wildman–Crippen MR) is 83.0 cm³/mol. The van der Waals surface area contributed by atoms with Crippen molar-refractivity contribution in [3.63, 3.8) is 0 Å². The van der Waals surface area contributed by atoms with Crippen molar-refractivity contribution in [2.75, 3.05) is 20.8 Å². The molecule has 23 heavy (non-hydrogen) atoms. The summed E-state index contributed by atoms with van der Waals surface area (Å²) in [5.41, 5.74) is 0.356. The molecule has 1 aliphatic rings. The van der Waals surface area contributed by atoms with E-state index in [0.717, 1.165) is 4.90 Å². The van der Waals surface area contributed by atoms with Crippen LogP contribution in [0.3, 0.4) is 0 Å². The number of urea groups is 1. The molecule has 1 saturated heterocycles. The summed E-state index contributed by atoms with van der Waals surface area (Å²) < 4.78 is 10.3. The van der Waals surface area contributed by atoms with Gasteiger partial charge in [-0.15, -0.1) is 6.58 Å².